The third-order valence-electron chi connectivity index (χ3n) is 6.02. The summed E-state index contributed by atoms with van der Waals surface area (Å²) in [6.07, 6.45) is 9.82. The number of anilines is 1. The van der Waals surface area contributed by atoms with Crippen molar-refractivity contribution >= 4 is 48.4 Å². The molecule has 0 unspecified atom stereocenters. The molecule has 0 bridgehead atoms. The van der Waals surface area contributed by atoms with Crippen molar-refractivity contribution in [1.29, 1.82) is 0 Å². The Kier molecular flexibility index (Phi) is 4.51. The summed E-state index contributed by atoms with van der Waals surface area (Å²) in [7, 11) is 2.16. The number of piperidine rings is 1. The van der Waals surface area contributed by atoms with Crippen LogP contribution in [0.15, 0.2) is 30.9 Å². The summed E-state index contributed by atoms with van der Waals surface area (Å²) in [5.41, 5.74) is 3.92. The second-order valence-corrected chi connectivity index (χ2v) is 9.98. The fourth-order valence-electron chi connectivity index (χ4n) is 4.34. The highest BCUT2D eigenvalue weighted by Crippen LogP contribution is 2.39. The highest BCUT2D eigenvalue weighted by molar-refractivity contribution is 7.29. The zero-order chi connectivity index (χ0) is 20.9. The lowest BCUT2D eigenvalue weighted by atomic mass is 10.00. The first-order chi connectivity index (χ1) is 15.2. The molecular formula is C21H22N8S2. The molecule has 0 aliphatic carbocycles. The van der Waals surface area contributed by atoms with Gasteiger partial charge in [-0.2, -0.15) is 5.10 Å². The summed E-state index contributed by atoms with van der Waals surface area (Å²) >= 11 is 3.27. The Balaban J connectivity index is 1.34. The SMILES string of the molecule is C[C@H]1C[C@@H](N(C)c2nc3sc(-c4ncc(-c5cn[nH]c5)c5cc[nH]c45)nc3s2)CCN1. The maximum atomic E-state index is 4.91. The molecule has 158 valence electrons. The van der Waals surface area contributed by atoms with E-state index in [4.69, 9.17) is 15.0 Å². The number of aromatic nitrogens is 6. The fraction of sp³-hybridized carbons (Fsp3) is 0.333. The molecule has 2 atom stereocenters. The van der Waals surface area contributed by atoms with Gasteiger partial charge < -0.3 is 15.2 Å². The van der Waals surface area contributed by atoms with Crippen LogP contribution >= 0.6 is 22.7 Å². The average molecular weight is 451 g/mol. The Morgan fingerprint density at radius 3 is 2.87 bits per heavy atom. The van der Waals surface area contributed by atoms with Crippen LogP contribution < -0.4 is 10.2 Å². The Morgan fingerprint density at radius 1 is 1.16 bits per heavy atom. The number of hydrogen-bond donors (Lipinski definition) is 3. The van der Waals surface area contributed by atoms with Crippen molar-refractivity contribution in [3.8, 4) is 21.8 Å². The molecule has 0 saturated carbocycles. The molecule has 1 aliphatic rings. The minimum absolute atomic E-state index is 0.520. The molecule has 5 aromatic rings. The van der Waals surface area contributed by atoms with Crippen LogP contribution in [0.1, 0.15) is 19.8 Å². The van der Waals surface area contributed by atoms with Crippen LogP contribution in [-0.2, 0) is 0 Å². The molecule has 31 heavy (non-hydrogen) atoms. The summed E-state index contributed by atoms with van der Waals surface area (Å²) in [6, 6.07) is 3.14. The van der Waals surface area contributed by atoms with Gasteiger partial charge in [0.25, 0.3) is 0 Å². The fourth-order valence-corrected chi connectivity index (χ4v) is 6.42. The van der Waals surface area contributed by atoms with E-state index in [1.54, 1.807) is 22.7 Å². The van der Waals surface area contributed by atoms with E-state index in [1.165, 1.54) is 0 Å². The lowest BCUT2D eigenvalue weighted by Crippen LogP contribution is -2.45. The van der Waals surface area contributed by atoms with Gasteiger partial charge in [-0.3, -0.25) is 10.1 Å². The van der Waals surface area contributed by atoms with Crippen molar-refractivity contribution in [2.75, 3.05) is 18.5 Å². The quantitative estimate of drug-likeness (QED) is 0.378. The summed E-state index contributed by atoms with van der Waals surface area (Å²) in [5, 5.41) is 13.5. The highest BCUT2D eigenvalue weighted by Gasteiger charge is 2.25. The number of fused-ring (bicyclic) bond motifs is 2. The molecule has 1 fully saturated rings. The van der Waals surface area contributed by atoms with Crippen molar-refractivity contribution in [3.63, 3.8) is 0 Å². The highest BCUT2D eigenvalue weighted by atomic mass is 32.1. The van der Waals surface area contributed by atoms with E-state index in [-0.39, 0.29) is 0 Å². The van der Waals surface area contributed by atoms with E-state index in [0.29, 0.717) is 12.1 Å². The maximum absolute atomic E-state index is 4.91. The van der Waals surface area contributed by atoms with E-state index in [0.717, 1.165) is 66.9 Å². The Bertz CT molecular complexity index is 1320. The van der Waals surface area contributed by atoms with Gasteiger partial charge in [0, 0.05) is 54.2 Å². The predicted molar refractivity (Wildman–Crippen MR) is 127 cm³/mol. The summed E-state index contributed by atoms with van der Waals surface area (Å²) < 4.78 is 0. The number of nitrogens with zero attached hydrogens (tertiary/aromatic N) is 5. The minimum Gasteiger partial charge on any atom is -0.359 e. The van der Waals surface area contributed by atoms with E-state index in [9.17, 15) is 0 Å². The van der Waals surface area contributed by atoms with Crippen molar-refractivity contribution in [2.24, 2.45) is 0 Å². The van der Waals surface area contributed by atoms with Gasteiger partial charge in [0.05, 0.1) is 11.7 Å². The second-order valence-electron chi connectivity index (χ2n) is 8.04. The van der Waals surface area contributed by atoms with Gasteiger partial charge in [0.1, 0.15) is 10.7 Å². The van der Waals surface area contributed by atoms with Crippen molar-refractivity contribution in [1.82, 2.24) is 35.5 Å². The normalized spacial score (nSPS) is 19.4. The zero-order valence-corrected chi connectivity index (χ0v) is 18.8. The number of hydrogen-bond acceptors (Lipinski definition) is 8. The Labute approximate surface area is 186 Å². The molecule has 0 aromatic carbocycles. The van der Waals surface area contributed by atoms with Gasteiger partial charge >= 0.3 is 0 Å². The van der Waals surface area contributed by atoms with E-state index in [1.807, 2.05) is 24.8 Å². The van der Waals surface area contributed by atoms with E-state index >= 15 is 0 Å². The first-order valence-corrected chi connectivity index (χ1v) is 12.0. The maximum Gasteiger partial charge on any atom is 0.188 e. The van der Waals surface area contributed by atoms with Gasteiger partial charge in [-0.05, 0) is 32.4 Å². The molecule has 6 heterocycles. The van der Waals surface area contributed by atoms with Crippen LogP contribution in [0, 0.1) is 0 Å². The third kappa shape index (κ3) is 3.22. The van der Waals surface area contributed by atoms with Gasteiger partial charge in [0.2, 0.25) is 0 Å². The smallest absolute Gasteiger partial charge is 0.188 e. The van der Waals surface area contributed by atoms with Crippen LogP contribution in [0.5, 0.6) is 0 Å². The summed E-state index contributed by atoms with van der Waals surface area (Å²) in [4.78, 5) is 22.2. The first kappa shape index (κ1) is 18.9. The van der Waals surface area contributed by atoms with Gasteiger partial charge in [-0.1, -0.05) is 22.7 Å². The lowest BCUT2D eigenvalue weighted by Gasteiger charge is -2.34. The van der Waals surface area contributed by atoms with Crippen LogP contribution in [0.25, 0.3) is 42.4 Å². The first-order valence-electron chi connectivity index (χ1n) is 10.4. The Hall–Kier alpha value is -2.82. The zero-order valence-electron chi connectivity index (χ0n) is 17.2. The number of nitrogens with one attached hydrogen (secondary N) is 3. The number of H-pyrrole nitrogens is 2. The van der Waals surface area contributed by atoms with Crippen molar-refractivity contribution in [3.05, 3.63) is 30.9 Å². The van der Waals surface area contributed by atoms with Crippen LogP contribution in [0.2, 0.25) is 0 Å². The standard InChI is InChI=1S/C21H22N8S2/c1-11-7-13(3-5-22-11)29(2)21-28-20-19(31-21)27-18(30-20)17-16-14(4-6-23-16)15(10-24-17)12-8-25-26-9-12/h4,6,8-11,13,22-23H,3,5,7H2,1-2H3,(H,25,26)/t11-,13-/m0/s1. The topological polar surface area (TPSA) is 98.4 Å². The molecule has 8 nitrogen and oxygen atoms in total. The molecule has 1 aliphatic heterocycles. The number of thiazole rings is 2. The van der Waals surface area contributed by atoms with Gasteiger partial charge in [0.15, 0.2) is 14.8 Å². The molecule has 0 amide bonds. The predicted octanol–water partition coefficient (Wildman–Crippen LogP) is 4.26. The van der Waals surface area contributed by atoms with Crippen molar-refractivity contribution < 1.29 is 0 Å². The Morgan fingerprint density at radius 2 is 2.06 bits per heavy atom. The number of pyridine rings is 1. The molecular weight excluding hydrogens is 428 g/mol. The minimum atomic E-state index is 0.520. The third-order valence-corrected chi connectivity index (χ3v) is 8.14. The van der Waals surface area contributed by atoms with Gasteiger partial charge in [-0.15, -0.1) is 0 Å². The largest absolute Gasteiger partial charge is 0.359 e. The van der Waals surface area contributed by atoms with E-state index < -0.39 is 0 Å². The average Bonchev–Trinajstić information content (AvgIpc) is 3.56. The molecule has 1 saturated heterocycles. The summed E-state index contributed by atoms with van der Waals surface area (Å²) in [5.74, 6) is 0. The number of aromatic amines is 2. The van der Waals surface area contributed by atoms with Crippen LogP contribution in [0.4, 0.5) is 5.13 Å². The van der Waals surface area contributed by atoms with Crippen LogP contribution in [0.3, 0.4) is 0 Å². The van der Waals surface area contributed by atoms with Crippen LogP contribution in [-0.4, -0.2) is 55.8 Å². The van der Waals surface area contributed by atoms with Crippen molar-refractivity contribution in [2.45, 2.75) is 31.8 Å². The van der Waals surface area contributed by atoms with Gasteiger partial charge in [-0.25, -0.2) is 9.97 Å². The molecule has 3 N–H and O–H groups in total. The molecule has 0 spiro atoms. The summed E-state index contributed by atoms with van der Waals surface area (Å²) in [6.45, 7) is 3.31. The lowest BCUT2D eigenvalue weighted by molar-refractivity contribution is 0.371. The molecule has 6 rings (SSSR count). The second kappa shape index (κ2) is 7.40. The molecule has 10 heteroatoms. The monoisotopic (exact) mass is 450 g/mol. The van der Waals surface area contributed by atoms with E-state index in [2.05, 4.69) is 45.4 Å². The molecule has 0 radical (unpaired) electrons. The number of rotatable bonds is 4. The molecule has 5 aromatic heterocycles.